The third-order valence-electron chi connectivity index (χ3n) is 3.33. The van der Waals surface area contributed by atoms with Crippen molar-refractivity contribution < 1.29 is 24.9 Å². The van der Waals surface area contributed by atoms with Gasteiger partial charge in [0.2, 0.25) is 0 Å². The van der Waals surface area contributed by atoms with Gasteiger partial charge in [-0.15, -0.1) is 5.10 Å². The quantitative estimate of drug-likeness (QED) is 0.398. The SMILES string of the molecule is O=C(NC(CO)C(O)c1ccc([N+](=O)[O-])cc1)c1cc([N+](=O)[O-])[nH]n1. The summed E-state index contributed by atoms with van der Waals surface area (Å²) >= 11 is 0. The molecule has 2 rings (SSSR count). The minimum atomic E-state index is -1.36. The van der Waals surface area contributed by atoms with E-state index in [4.69, 9.17) is 0 Å². The summed E-state index contributed by atoms with van der Waals surface area (Å²) in [5.41, 5.74) is -0.233. The van der Waals surface area contributed by atoms with E-state index in [0.717, 1.165) is 6.07 Å². The highest BCUT2D eigenvalue weighted by molar-refractivity contribution is 5.93. The van der Waals surface area contributed by atoms with E-state index in [0.29, 0.717) is 0 Å². The molecule has 0 aliphatic heterocycles. The first kappa shape index (κ1) is 18.0. The topological polar surface area (TPSA) is 185 Å². The van der Waals surface area contributed by atoms with E-state index in [-0.39, 0.29) is 16.9 Å². The van der Waals surface area contributed by atoms with E-state index in [1.807, 2.05) is 0 Å². The van der Waals surface area contributed by atoms with Crippen molar-refractivity contribution in [2.24, 2.45) is 0 Å². The number of nitrogens with one attached hydrogen (secondary N) is 2. The number of aromatic nitrogens is 2. The van der Waals surface area contributed by atoms with E-state index in [1.54, 1.807) is 0 Å². The molecular weight excluding hydrogens is 338 g/mol. The van der Waals surface area contributed by atoms with Crippen molar-refractivity contribution in [3.05, 3.63) is 61.8 Å². The van der Waals surface area contributed by atoms with Crippen LogP contribution in [-0.4, -0.2) is 48.8 Å². The van der Waals surface area contributed by atoms with Crippen molar-refractivity contribution in [1.82, 2.24) is 15.5 Å². The second kappa shape index (κ2) is 7.46. The molecule has 25 heavy (non-hydrogen) atoms. The number of hydrogen-bond acceptors (Lipinski definition) is 8. The van der Waals surface area contributed by atoms with E-state index < -0.39 is 40.3 Å². The smallest absolute Gasteiger partial charge is 0.343 e. The number of carbonyl (C=O) groups is 1. The highest BCUT2D eigenvalue weighted by Gasteiger charge is 2.25. The Balaban J connectivity index is 2.10. The lowest BCUT2D eigenvalue weighted by Crippen LogP contribution is -2.42. The monoisotopic (exact) mass is 351 g/mol. The second-order valence-corrected chi connectivity index (χ2v) is 4.95. The highest BCUT2D eigenvalue weighted by Crippen LogP contribution is 2.20. The van der Waals surface area contributed by atoms with Crippen LogP contribution in [0.15, 0.2) is 30.3 Å². The third-order valence-corrected chi connectivity index (χ3v) is 3.33. The van der Waals surface area contributed by atoms with Gasteiger partial charge in [0.15, 0.2) is 5.69 Å². The summed E-state index contributed by atoms with van der Waals surface area (Å²) in [6, 6.07) is 4.68. The maximum Gasteiger partial charge on any atom is 0.343 e. The number of carbonyl (C=O) groups excluding carboxylic acids is 1. The summed E-state index contributed by atoms with van der Waals surface area (Å²) in [6.45, 7) is -0.642. The van der Waals surface area contributed by atoms with Gasteiger partial charge in [-0.3, -0.25) is 14.9 Å². The van der Waals surface area contributed by atoms with Gasteiger partial charge in [-0.25, -0.2) is 0 Å². The molecule has 0 radical (unpaired) electrons. The van der Waals surface area contributed by atoms with Crippen molar-refractivity contribution >= 4 is 17.4 Å². The van der Waals surface area contributed by atoms with Crippen LogP contribution in [0.3, 0.4) is 0 Å². The lowest BCUT2D eigenvalue weighted by molar-refractivity contribution is -0.389. The Labute approximate surface area is 139 Å². The number of benzene rings is 1. The maximum atomic E-state index is 12.0. The lowest BCUT2D eigenvalue weighted by Gasteiger charge is -2.22. The van der Waals surface area contributed by atoms with Crippen LogP contribution in [0.4, 0.5) is 11.5 Å². The summed E-state index contributed by atoms with van der Waals surface area (Å²) in [5.74, 6) is -1.33. The number of hydrogen-bond donors (Lipinski definition) is 4. The van der Waals surface area contributed by atoms with Gasteiger partial charge >= 0.3 is 5.82 Å². The van der Waals surface area contributed by atoms with Crippen molar-refractivity contribution in [3.63, 3.8) is 0 Å². The van der Waals surface area contributed by atoms with E-state index in [9.17, 15) is 35.2 Å². The largest absolute Gasteiger partial charge is 0.394 e. The van der Waals surface area contributed by atoms with Gasteiger partial charge in [0, 0.05) is 12.1 Å². The summed E-state index contributed by atoms with van der Waals surface area (Å²) in [5, 5.41) is 48.6. The van der Waals surface area contributed by atoms with Gasteiger partial charge in [-0.05, 0) is 22.6 Å². The van der Waals surface area contributed by atoms with Gasteiger partial charge < -0.3 is 25.6 Å². The Bertz CT molecular complexity index is 788. The highest BCUT2D eigenvalue weighted by atomic mass is 16.6. The molecule has 2 unspecified atom stereocenters. The Hall–Kier alpha value is -3.38. The van der Waals surface area contributed by atoms with E-state index in [2.05, 4.69) is 15.5 Å². The second-order valence-electron chi connectivity index (χ2n) is 4.95. The number of rotatable bonds is 7. The van der Waals surface area contributed by atoms with Gasteiger partial charge in [0.25, 0.3) is 11.6 Å². The molecule has 12 heteroatoms. The van der Waals surface area contributed by atoms with Crippen LogP contribution in [0.5, 0.6) is 0 Å². The number of aromatic amines is 1. The molecule has 2 atom stereocenters. The maximum absolute atomic E-state index is 12.0. The molecule has 1 heterocycles. The number of non-ortho nitro benzene ring substituents is 1. The normalized spacial score (nSPS) is 13.0. The number of amides is 1. The fourth-order valence-electron chi connectivity index (χ4n) is 2.01. The molecule has 12 nitrogen and oxygen atoms in total. The van der Waals surface area contributed by atoms with Crippen LogP contribution in [0.25, 0.3) is 0 Å². The fraction of sp³-hybridized carbons (Fsp3) is 0.231. The van der Waals surface area contributed by atoms with Crippen LogP contribution in [0.1, 0.15) is 22.2 Å². The fourth-order valence-corrected chi connectivity index (χ4v) is 2.01. The molecule has 0 aliphatic rings. The molecule has 0 aliphatic carbocycles. The zero-order chi connectivity index (χ0) is 18.6. The Kier molecular flexibility index (Phi) is 5.36. The molecule has 0 bridgehead atoms. The van der Waals surface area contributed by atoms with Crippen LogP contribution in [-0.2, 0) is 0 Å². The number of nitrogens with zero attached hydrogens (tertiary/aromatic N) is 3. The average Bonchev–Trinajstić information content (AvgIpc) is 3.09. The molecule has 0 fully saturated rings. The molecule has 132 valence electrons. The Morgan fingerprint density at radius 1 is 1.24 bits per heavy atom. The van der Waals surface area contributed by atoms with Gasteiger partial charge in [-0.1, -0.05) is 5.10 Å². The molecule has 0 spiro atoms. The van der Waals surface area contributed by atoms with Crippen LogP contribution < -0.4 is 5.32 Å². The number of aliphatic hydroxyl groups excluding tert-OH is 2. The van der Waals surface area contributed by atoms with Crippen molar-refractivity contribution in [2.75, 3.05) is 6.61 Å². The molecule has 0 saturated heterocycles. The minimum Gasteiger partial charge on any atom is -0.394 e. The summed E-state index contributed by atoms with van der Waals surface area (Å²) in [4.78, 5) is 31.8. The lowest BCUT2D eigenvalue weighted by atomic mass is 10.0. The number of nitro benzene ring substituents is 1. The predicted molar refractivity (Wildman–Crippen MR) is 81.6 cm³/mol. The van der Waals surface area contributed by atoms with E-state index in [1.165, 1.54) is 24.3 Å². The zero-order valence-corrected chi connectivity index (χ0v) is 12.5. The molecule has 2 aromatic rings. The van der Waals surface area contributed by atoms with Crippen molar-refractivity contribution in [2.45, 2.75) is 12.1 Å². The van der Waals surface area contributed by atoms with E-state index >= 15 is 0 Å². The minimum absolute atomic E-state index is 0.177. The Morgan fingerprint density at radius 2 is 1.88 bits per heavy atom. The molecular formula is C13H13N5O7. The first-order valence-electron chi connectivity index (χ1n) is 6.87. The molecule has 1 aromatic heterocycles. The van der Waals surface area contributed by atoms with Crippen LogP contribution >= 0.6 is 0 Å². The molecule has 4 N–H and O–H groups in total. The first-order chi connectivity index (χ1) is 11.8. The van der Waals surface area contributed by atoms with Gasteiger partial charge in [0.1, 0.15) is 6.10 Å². The standard InChI is InChI=1S/C13H13N5O7/c19-6-10(12(20)7-1-3-8(4-2-7)17(22)23)14-13(21)9-5-11(16-15-9)18(24)25/h1-5,10,12,19-20H,6H2,(H,14,21)(H,15,16). The number of H-pyrrole nitrogens is 1. The average molecular weight is 351 g/mol. The summed E-state index contributed by atoms with van der Waals surface area (Å²) in [7, 11) is 0. The summed E-state index contributed by atoms with van der Waals surface area (Å²) < 4.78 is 0. The molecule has 1 aromatic carbocycles. The van der Waals surface area contributed by atoms with Crippen LogP contribution in [0.2, 0.25) is 0 Å². The Morgan fingerprint density at radius 3 is 2.36 bits per heavy atom. The van der Waals surface area contributed by atoms with Crippen LogP contribution in [0, 0.1) is 20.2 Å². The van der Waals surface area contributed by atoms with Gasteiger partial charge in [-0.2, -0.15) is 0 Å². The predicted octanol–water partition coefficient (Wildman–Crippen LogP) is 0.0504. The van der Waals surface area contributed by atoms with Crippen molar-refractivity contribution in [1.29, 1.82) is 0 Å². The molecule has 1 amide bonds. The zero-order valence-electron chi connectivity index (χ0n) is 12.5. The first-order valence-corrected chi connectivity index (χ1v) is 6.87. The number of nitro groups is 2. The van der Waals surface area contributed by atoms with Gasteiger partial charge in [0.05, 0.1) is 23.6 Å². The number of aliphatic hydroxyl groups is 2. The van der Waals surface area contributed by atoms with Crippen molar-refractivity contribution in [3.8, 4) is 0 Å². The summed E-state index contributed by atoms with van der Waals surface area (Å²) in [6.07, 6.45) is -1.36. The molecule has 0 saturated carbocycles. The third kappa shape index (κ3) is 4.13.